The lowest BCUT2D eigenvalue weighted by Crippen LogP contribution is -2.43. The maximum atomic E-state index is 12.6. The molecular formula is C25H34N2O5. The number of benzene rings is 1. The molecule has 7 nitrogen and oxygen atoms in total. The normalized spacial score (nSPS) is 17.2. The number of piperidine rings is 1. The molecule has 7 heteroatoms. The summed E-state index contributed by atoms with van der Waals surface area (Å²) in [6.45, 7) is 7.50. The van der Waals surface area contributed by atoms with Crippen LogP contribution in [-0.2, 0) is 22.4 Å². The molecule has 2 aromatic rings. The number of carbonyl (C=O) groups excluding carboxylic acids is 2. The fourth-order valence-corrected chi connectivity index (χ4v) is 4.50. The van der Waals surface area contributed by atoms with Crippen molar-refractivity contribution in [2.24, 2.45) is 5.92 Å². The van der Waals surface area contributed by atoms with E-state index in [2.05, 4.69) is 5.32 Å². The number of fused-ring (bicyclic) bond motifs is 3. The molecule has 0 unspecified atom stereocenters. The minimum atomic E-state index is -0.499. The number of rotatable bonds is 5. The van der Waals surface area contributed by atoms with E-state index in [9.17, 15) is 9.59 Å². The van der Waals surface area contributed by atoms with Crippen LogP contribution in [0.5, 0.6) is 5.75 Å². The summed E-state index contributed by atoms with van der Waals surface area (Å²) in [6, 6.07) is 5.82. The molecule has 1 aliphatic heterocycles. The van der Waals surface area contributed by atoms with Gasteiger partial charge in [0.15, 0.2) is 6.61 Å². The topological polar surface area (TPSA) is 81.0 Å². The van der Waals surface area contributed by atoms with Gasteiger partial charge >= 0.3 is 6.09 Å². The van der Waals surface area contributed by atoms with Crippen molar-refractivity contribution >= 4 is 23.0 Å². The van der Waals surface area contributed by atoms with E-state index in [1.165, 1.54) is 18.4 Å². The Hall–Kier alpha value is -2.70. The van der Waals surface area contributed by atoms with E-state index in [4.69, 9.17) is 13.9 Å². The Bertz CT molecular complexity index is 967. The van der Waals surface area contributed by atoms with Gasteiger partial charge in [-0.1, -0.05) is 0 Å². The van der Waals surface area contributed by atoms with Crippen LogP contribution >= 0.6 is 0 Å². The molecule has 1 N–H and O–H groups in total. The second-order valence-electron chi connectivity index (χ2n) is 9.86. The monoisotopic (exact) mass is 442 g/mol. The van der Waals surface area contributed by atoms with Gasteiger partial charge in [-0.2, -0.15) is 0 Å². The average Bonchev–Trinajstić information content (AvgIpc) is 3.13. The predicted molar refractivity (Wildman–Crippen MR) is 122 cm³/mol. The van der Waals surface area contributed by atoms with Crippen molar-refractivity contribution in [2.45, 2.75) is 64.9 Å². The lowest BCUT2D eigenvalue weighted by atomic mass is 9.96. The number of carbonyl (C=O) groups is 2. The number of nitrogens with zero attached hydrogens (tertiary/aromatic N) is 1. The molecule has 0 atom stereocenters. The molecule has 1 fully saturated rings. The smallest absolute Gasteiger partial charge is 0.407 e. The Morgan fingerprint density at radius 2 is 1.91 bits per heavy atom. The minimum Gasteiger partial charge on any atom is -0.484 e. The SMILES string of the molecule is CC(C)(C)OC(=O)NCC1CCN(C(=O)COc2ccc3oc4c(c3c2)CCCC4)CC1. The summed E-state index contributed by atoms with van der Waals surface area (Å²) in [4.78, 5) is 26.3. The summed E-state index contributed by atoms with van der Waals surface area (Å²) in [6.07, 6.45) is 5.74. The summed E-state index contributed by atoms with van der Waals surface area (Å²) in [5, 5.41) is 3.95. The van der Waals surface area contributed by atoms with E-state index in [-0.39, 0.29) is 18.6 Å². The zero-order chi connectivity index (χ0) is 22.7. The van der Waals surface area contributed by atoms with Crippen molar-refractivity contribution in [3.63, 3.8) is 0 Å². The van der Waals surface area contributed by atoms with Gasteiger partial charge in [0.25, 0.3) is 5.91 Å². The minimum absolute atomic E-state index is 0.00197. The molecule has 32 heavy (non-hydrogen) atoms. The van der Waals surface area contributed by atoms with Crippen LogP contribution in [-0.4, -0.2) is 48.7 Å². The van der Waals surface area contributed by atoms with Gasteiger partial charge in [0, 0.05) is 37.0 Å². The average molecular weight is 443 g/mol. The Kier molecular flexibility index (Phi) is 6.63. The number of nitrogens with one attached hydrogen (secondary N) is 1. The first-order valence-corrected chi connectivity index (χ1v) is 11.7. The van der Waals surface area contributed by atoms with Gasteiger partial charge in [0.05, 0.1) is 0 Å². The van der Waals surface area contributed by atoms with E-state index in [0.29, 0.717) is 31.3 Å². The first-order valence-electron chi connectivity index (χ1n) is 11.7. The van der Waals surface area contributed by atoms with Gasteiger partial charge in [-0.05, 0) is 77.0 Å². The van der Waals surface area contributed by atoms with E-state index in [1.54, 1.807) is 0 Å². The Balaban J connectivity index is 1.23. The molecule has 2 heterocycles. The van der Waals surface area contributed by atoms with Gasteiger partial charge in [-0.3, -0.25) is 4.79 Å². The highest BCUT2D eigenvalue weighted by Crippen LogP contribution is 2.34. The van der Waals surface area contributed by atoms with Crippen LogP contribution in [0.15, 0.2) is 22.6 Å². The van der Waals surface area contributed by atoms with Crippen molar-refractivity contribution < 1.29 is 23.5 Å². The summed E-state index contributed by atoms with van der Waals surface area (Å²) in [5.74, 6) is 2.15. The number of alkyl carbamates (subject to hydrolysis) is 1. The second-order valence-corrected chi connectivity index (χ2v) is 9.86. The van der Waals surface area contributed by atoms with Crippen LogP contribution < -0.4 is 10.1 Å². The molecule has 0 saturated carbocycles. The van der Waals surface area contributed by atoms with Crippen LogP contribution in [0.2, 0.25) is 0 Å². The van der Waals surface area contributed by atoms with E-state index in [0.717, 1.165) is 42.4 Å². The number of hydrogen-bond acceptors (Lipinski definition) is 5. The summed E-state index contributed by atoms with van der Waals surface area (Å²) < 4.78 is 17.1. The van der Waals surface area contributed by atoms with Crippen molar-refractivity contribution in [3.05, 3.63) is 29.5 Å². The number of aryl methyl sites for hydroxylation is 2. The highest BCUT2D eigenvalue weighted by Gasteiger charge is 2.25. The fraction of sp³-hybridized carbons (Fsp3) is 0.600. The highest BCUT2D eigenvalue weighted by molar-refractivity contribution is 5.84. The quantitative estimate of drug-likeness (QED) is 0.740. The zero-order valence-corrected chi connectivity index (χ0v) is 19.4. The largest absolute Gasteiger partial charge is 0.484 e. The third-order valence-corrected chi connectivity index (χ3v) is 6.19. The number of furan rings is 1. The van der Waals surface area contributed by atoms with Gasteiger partial charge in [-0.25, -0.2) is 4.79 Å². The third-order valence-electron chi connectivity index (χ3n) is 6.19. The van der Waals surface area contributed by atoms with Crippen LogP contribution in [0.25, 0.3) is 11.0 Å². The van der Waals surface area contributed by atoms with E-state index >= 15 is 0 Å². The summed E-state index contributed by atoms with van der Waals surface area (Å²) in [5.41, 5.74) is 1.70. The Morgan fingerprint density at radius 1 is 1.16 bits per heavy atom. The van der Waals surface area contributed by atoms with Crippen molar-refractivity contribution in [1.82, 2.24) is 10.2 Å². The molecule has 174 valence electrons. The molecule has 1 saturated heterocycles. The fourth-order valence-electron chi connectivity index (χ4n) is 4.50. The molecule has 0 bridgehead atoms. The van der Waals surface area contributed by atoms with Gasteiger partial charge in [-0.15, -0.1) is 0 Å². The first-order chi connectivity index (χ1) is 15.3. The number of ether oxygens (including phenoxy) is 2. The van der Waals surface area contributed by atoms with E-state index in [1.807, 2.05) is 43.9 Å². The number of amides is 2. The second kappa shape index (κ2) is 9.43. The molecule has 2 aliphatic rings. The van der Waals surface area contributed by atoms with Crippen LogP contribution in [0.3, 0.4) is 0 Å². The molecule has 1 aliphatic carbocycles. The first kappa shape index (κ1) is 22.5. The predicted octanol–water partition coefficient (Wildman–Crippen LogP) is 4.45. The molecule has 1 aromatic heterocycles. The Morgan fingerprint density at radius 3 is 2.66 bits per heavy atom. The number of hydrogen-bond donors (Lipinski definition) is 1. The lowest BCUT2D eigenvalue weighted by molar-refractivity contribution is -0.134. The Labute approximate surface area is 189 Å². The number of likely N-dealkylation sites (tertiary alicyclic amines) is 1. The summed E-state index contributed by atoms with van der Waals surface area (Å²) >= 11 is 0. The van der Waals surface area contributed by atoms with Crippen molar-refractivity contribution in [2.75, 3.05) is 26.2 Å². The highest BCUT2D eigenvalue weighted by atomic mass is 16.6. The maximum Gasteiger partial charge on any atom is 0.407 e. The molecular weight excluding hydrogens is 408 g/mol. The molecule has 1 aromatic carbocycles. The van der Waals surface area contributed by atoms with Crippen LogP contribution in [0.4, 0.5) is 4.79 Å². The van der Waals surface area contributed by atoms with Gasteiger partial charge < -0.3 is 24.1 Å². The van der Waals surface area contributed by atoms with Gasteiger partial charge in [0.1, 0.15) is 22.7 Å². The third kappa shape index (κ3) is 5.56. The lowest BCUT2D eigenvalue weighted by Gasteiger charge is -2.32. The standard InChI is InChI=1S/C25H34N2O5/c1-25(2,3)32-24(29)26-15-17-10-12-27(13-11-17)23(28)16-30-18-8-9-22-20(14-18)19-6-4-5-7-21(19)31-22/h8-9,14,17H,4-7,10-13,15-16H2,1-3H3,(H,26,29). The molecule has 0 spiro atoms. The van der Waals surface area contributed by atoms with Gasteiger partial charge in [0.2, 0.25) is 0 Å². The summed E-state index contributed by atoms with van der Waals surface area (Å²) in [7, 11) is 0. The van der Waals surface area contributed by atoms with E-state index < -0.39 is 5.60 Å². The molecule has 2 amide bonds. The van der Waals surface area contributed by atoms with Crippen molar-refractivity contribution in [3.8, 4) is 5.75 Å². The maximum absolute atomic E-state index is 12.6. The zero-order valence-electron chi connectivity index (χ0n) is 19.4. The van der Waals surface area contributed by atoms with Crippen molar-refractivity contribution in [1.29, 1.82) is 0 Å². The van der Waals surface area contributed by atoms with Crippen LogP contribution in [0.1, 0.15) is 57.8 Å². The molecule has 4 rings (SSSR count). The van der Waals surface area contributed by atoms with Crippen LogP contribution in [0, 0.1) is 5.92 Å². The molecule has 0 radical (unpaired) electrons.